The molecule has 13 heavy (non-hydrogen) atoms. The number of nitrogens with two attached hydrogens (primary N) is 1. The Bertz CT molecular complexity index is 288. The molecule has 0 unspecified atom stereocenters. The van der Waals surface area contributed by atoms with Crippen molar-refractivity contribution in [2.45, 2.75) is 25.8 Å². The van der Waals surface area contributed by atoms with Crippen molar-refractivity contribution in [2.75, 3.05) is 0 Å². The van der Waals surface area contributed by atoms with Crippen LogP contribution < -0.4 is 5.73 Å². The maximum atomic E-state index is 11.5. The predicted molar refractivity (Wildman–Crippen MR) is 51.2 cm³/mol. The second-order valence-electron chi connectivity index (χ2n) is 3.68. The Morgan fingerprint density at radius 1 is 1.62 bits per heavy atom. The highest BCUT2D eigenvalue weighted by Crippen LogP contribution is 2.05. The van der Waals surface area contributed by atoms with Crippen molar-refractivity contribution in [1.29, 1.82) is 0 Å². The van der Waals surface area contributed by atoms with Gasteiger partial charge in [0.25, 0.3) is 0 Å². The molecule has 70 valence electrons. The van der Waals surface area contributed by atoms with E-state index in [2.05, 4.69) is 4.98 Å². The minimum atomic E-state index is -0.754. The largest absolute Gasteiger partial charge is 0.319 e. The molecule has 1 aromatic rings. The van der Waals surface area contributed by atoms with E-state index in [1.165, 1.54) is 0 Å². The van der Waals surface area contributed by atoms with Gasteiger partial charge in [-0.05, 0) is 25.5 Å². The lowest BCUT2D eigenvalue weighted by Crippen LogP contribution is -2.42. The van der Waals surface area contributed by atoms with Crippen LogP contribution in [0.15, 0.2) is 24.5 Å². The molecule has 0 bridgehead atoms. The number of nitrogens with zero attached hydrogens (tertiary/aromatic N) is 1. The second-order valence-corrected chi connectivity index (χ2v) is 3.68. The molecule has 1 aromatic heterocycles. The fraction of sp³-hybridized carbons (Fsp3) is 0.400. The zero-order valence-corrected chi connectivity index (χ0v) is 7.95. The topological polar surface area (TPSA) is 56.0 Å². The SMILES string of the molecule is CC(C)(N)C(=O)Cc1cccnc1. The number of hydrogen-bond donors (Lipinski definition) is 1. The van der Waals surface area contributed by atoms with E-state index < -0.39 is 5.54 Å². The molecular weight excluding hydrogens is 164 g/mol. The monoisotopic (exact) mass is 178 g/mol. The average Bonchev–Trinajstić information content (AvgIpc) is 2.04. The molecule has 3 nitrogen and oxygen atoms in total. The summed E-state index contributed by atoms with van der Waals surface area (Å²) in [4.78, 5) is 15.4. The quantitative estimate of drug-likeness (QED) is 0.749. The van der Waals surface area contributed by atoms with Crippen molar-refractivity contribution in [1.82, 2.24) is 4.98 Å². The number of hydrogen-bond acceptors (Lipinski definition) is 3. The van der Waals surface area contributed by atoms with Gasteiger partial charge in [0.2, 0.25) is 0 Å². The highest BCUT2D eigenvalue weighted by Gasteiger charge is 2.21. The van der Waals surface area contributed by atoms with E-state index in [9.17, 15) is 4.79 Å². The molecule has 0 amide bonds. The standard InChI is InChI=1S/C10H14N2O/c1-10(2,11)9(13)6-8-4-3-5-12-7-8/h3-5,7H,6,11H2,1-2H3. The van der Waals surface area contributed by atoms with Crippen molar-refractivity contribution in [3.8, 4) is 0 Å². The molecule has 0 atom stereocenters. The van der Waals surface area contributed by atoms with Crippen LogP contribution in [0.4, 0.5) is 0 Å². The number of pyridine rings is 1. The van der Waals surface area contributed by atoms with Gasteiger partial charge in [-0.15, -0.1) is 0 Å². The molecule has 1 heterocycles. The third-order valence-electron chi connectivity index (χ3n) is 1.81. The summed E-state index contributed by atoms with van der Waals surface area (Å²) in [6, 6.07) is 3.68. The van der Waals surface area contributed by atoms with Crippen LogP contribution in [0.25, 0.3) is 0 Å². The Morgan fingerprint density at radius 3 is 2.77 bits per heavy atom. The molecule has 0 spiro atoms. The first kappa shape index (κ1) is 9.86. The Hall–Kier alpha value is -1.22. The maximum absolute atomic E-state index is 11.5. The van der Waals surface area contributed by atoms with Gasteiger partial charge in [0.1, 0.15) is 0 Å². The predicted octanol–water partition coefficient (Wildman–Crippen LogP) is 0.930. The van der Waals surface area contributed by atoms with E-state index >= 15 is 0 Å². The molecule has 0 fully saturated rings. The van der Waals surface area contributed by atoms with E-state index in [0.717, 1.165) is 5.56 Å². The Morgan fingerprint density at radius 2 is 2.31 bits per heavy atom. The first-order valence-corrected chi connectivity index (χ1v) is 4.21. The molecule has 0 aliphatic heterocycles. The molecular formula is C10H14N2O. The average molecular weight is 178 g/mol. The van der Waals surface area contributed by atoms with Gasteiger partial charge in [-0.25, -0.2) is 0 Å². The van der Waals surface area contributed by atoms with Crippen LogP contribution in [0.3, 0.4) is 0 Å². The van der Waals surface area contributed by atoms with E-state index in [-0.39, 0.29) is 5.78 Å². The van der Waals surface area contributed by atoms with E-state index in [1.807, 2.05) is 12.1 Å². The van der Waals surface area contributed by atoms with Gasteiger partial charge in [-0.3, -0.25) is 9.78 Å². The van der Waals surface area contributed by atoms with Crippen LogP contribution in [0.2, 0.25) is 0 Å². The summed E-state index contributed by atoms with van der Waals surface area (Å²) in [6.45, 7) is 3.43. The van der Waals surface area contributed by atoms with Gasteiger partial charge in [0, 0.05) is 18.8 Å². The maximum Gasteiger partial charge on any atom is 0.156 e. The van der Waals surface area contributed by atoms with Crippen LogP contribution in [-0.2, 0) is 11.2 Å². The van der Waals surface area contributed by atoms with Gasteiger partial charge in [-0.2, -0.15) is 0 Å². The van der Waals surface area contributed by atoms with Crippen molar-refractivity contribution >= 4 is 5.78 Å². The number of rotatable bonds is 3. The van der Waals surface area contributed by atoms with Crippen LogP contribution >= 0.6 is 0 Å². The third kappa shape index (κ3) is 2.95. The van der Waals surface area contributed by atoms with E-state index in [1.54, 1.807) is 26.2 Å². The lowest BCUT2D eigenvalue weighted by Gasteiger charge is -2.16. The van der Waals surface area contributed by atoms with Gasteiger partial charge in [0.05, 0.1) is 5.54 Å². The van der Waals surface area contributed by atoms with Crippen LogP contribution in [-0.4, -0.2) is 16.3 Å². The molecule has 0 saturated heterocycles. The first-order valence-electron chi connectivity index (χ1n) is 4.21. The smallest absolute Gasteiger partial charge is 0.156 e. The summed E-state index contributed by atoms with van der Waals surface area (Å²) in [5.41, 5.74) is 5.81. The van der Waals surface area contributed by atoms with Crippen molar-refractivity contribution in [3.63, 3.8) is 0 Å². The summed E-state index contributed by atoms with van der Waals surface area (Å²) in [6.07, 6.45) is 3.72. The molecule has 0 aromatic carbocycles. The number of Topliss-reactive ketones (excluding diaryl/α,β-unsaturated/α-hetero) is 1. The van der Waals surface area contributed by atoms with Crippen LogP contribution in [0, 0.1) is 0 Å². The zero-order valence-electron chi connectivity index (χ0n) is 7.95. The molecule has 1 rings (SSSR count). The third-order valence-corrected chi connectivity index (χ3v) is 1.81. The number of ketones is 1. The minimum Gasteiger partial charge on any atom is -0.319 e. The molecule has 0 saturated carbocycles. The van der Waals surface area contributed by atoms with Crippen molar-refractivity contribution in [3.05, 3.63) is 30.1 Å². The van der Waals surface area contributed by atoms with Crippen molar-refractivity contribution < 1.29 is 4.79 Å². The molecule has 0 aliphatic carbocycles. The fourth-order valence-corrected chi connectivity index (χ4v) is 0.916. The molecule has 0 aliphatic rings. The summed E-state index contributed by atoms with van der Waals surface area (Å²) in [5.74, 6) is 0.0282. The van der Waals surface area contributed by atoms with Crippen LogP contribution in [0.1, 0.15) is 19.4 Å². The highest BCUT2D eigenvalue weighted by atomic mass is 16.1. The van der Waals surface area contributed by atoms with Gasteiger partial charge in [-0.1, -0.05) is 6.07 Å². The minimum absolute atomic E-state index is 0.0282. The number of carbonyl (C=O) groups excluding carboxylic acids is 1. The van der Waals surface area contributed by atoms with Crippen LogP contribution in [0.5, 0.6) is 0 Å². The number of carbonyl (C=O) groups is 1. The summed E-state index contributed by atoms with van der Waals surface area (Å²) in [7, 11) is 0. The van der Waals surface area contributed by atoms with E-state index in [4.69, 9.17) is 5.73 Å². The summed E-state index contributed by atoms with van der Waals surface area (Å²) < 4.78 is 0. The lowest BCUT2D eigenvalue weighted by molar-refractivity contribution is -0.122. The molecule has 0 radical (unpaired) electrons. The van der Waals surface area contributed by atoms with Crippen molar-refractivity contribution in [2.24, 2.45) is 5.73 Å². The Labute approximate surface area is 78.0 Å². The first-order chi connectivity index (χ1) is 6.00. The second kappa shape index (κ2) is 3.66. The van der Waals surface area contributed by atoms with Gasteiger partial charge < -0.3 is 5.73 Å². The fourth-order valence-electron chi connectivity index (χ4n) is 0.916. The normalized spacial score (nSPS) is 11.3. The van der Waals surface area contributed by atoms with Gasteiger partial charge >= 0.3 is 0 Å². The van der Waals surface area contributed by atoms with E-state index in [0.29, 0.717) is 6.42 Å². The zero-order chi connectivity index (χ0) is 9.90. The highest BCUT2D eigenvalue weighted by molar-refractivity contribution is 5.89. The summed E-state index contributed by atoms with van der Waals surface area (Å²) in [5, 5.41) is 0. The summed E-state index contributed by atoms with van der Waals surface area (Å²) >= 11 is 0. The lowest BCUT2D eigenvalue weighted by atomic mass is 9.96. The molecule has 3 heteroatoms. The Kier molecular flexibility index (Phi) is 2.78. The Balaban J connectivity index is 2.66. The van der Waals surface area contributed by atoms with Gasteiger partial charge in [0.15, 0.2) is 5.78 Å². The number of aromatic nitrogens is 1. The molecule has 2 N–H and O–H groups in total.